The molecule has 2 aromatic heterocycles. The van der Waals surface area contributed by atoms with Crippen LogP contribution in [-0.2, 0) is 11.2 Å². The number of aryl methyl sites for hydroxylation is 1. The summed E-state index contributed by atoms with van der Waals surface area (Å²) in [4.78, 5) is 16.7. The Balaban J connectivity index is 1.39. The number of carbonyl (C=O) groups excluding carboxylic acids is 1. The van der Waals surface area contributed by atoms with Gasteiger partial charge in [0, 0.05) is 24.5 Å². The van der Waals surface area contributed by atoms with Gasteiger partial charge in [0.25, 0.3) is 0 Å². The molecule has 4 rings (SSSR count). The molecule has 2 aromatic carbocycles. The highest BCUT2D eigenvalue weighted by Gasteiger charge is 2.18. The third kappa shape index (κ3) is 6.42. The Hall–Kier alpha value is -3.79. The zero-order valence-electron chi connectivity index (χ0n) is 18.9. The lowest BCUT2D eigenvalue weighted by Gasteiger charge is -2.12. The predicted molar refractivity (Wildman–Crippen MR) is 130 cm³/mol. The first-order chi connectivity index (χ1) is 17.0. The fourth-order valence-electron chi connectivity index (χ4n) is 3.44. The quantitative estimate of drug-likeness (QED) is 0.322. The van der Waals surface area contributed by atoms with Crippen molar-refractivity contribution in [2.75, 3.05) is 12.3 Å². The number of ether oxygens (including phenoxy) is 1. The summed E-state index contributed by atoms with van der Waals surface area (Å²) in [6.45, 7) is -0.426. The zero-order chi connectivity index (χ0) is 24.6. The fraction of sp³-hybridized carbons (Fsp3) is 0.200. The average Bonchev–Trinajstić information content (AvgIpc) is 3.28. The van der Waals surface area contributed by atoms with Gasteiger partial charge in [-0.05, 0) is 54.8 Å². The molecule has 0 radical (unpaired) electrons. The van der Waals surface area contributed by atoms with E-state index in [1.54, 1.807) is 24.5 Å². The molecule has 0 aliphatic rings. The van der Waals surface area contributed by atoms with E-state index in [0.717, 1.165) is 22.4 Å². The van der Waals surface area contributed by atoms with Crippen molar-refractivity contribution in [2.45, 2.75) is 25.1 Å². The first-order valence-electron chi connectivity index (χ1n) is 10.9. The number of benzene rings is 2. The van der Waals surface area contributed by atoms with Crippen LogP contribution in [-0.4, -0.2) is 44.6 Å². The van der Waals surface area contributed by atoms with Gasteiger partial charge < -0.3 is 10.1 Å². The predicted octanol–water partition coefficient (Wildman–Crippen LogP) is 4.69. The van der Waals surface area contributed by atoms with Gasteiger partial charge in [-0.2, -0.15) is 8.78 Å². The Morgan fingerprint density at radius 1 is 1.09 bits per heavy atom. The monoisotopic (exact) mass is 495 g/mol. The molecule has 0 aliphatic carbocycles. The van der Waals surface area contributed by atoms with Crippen LogP contribution in [0.15, 0.2) is 78.2 Å². The summed E-state index contributed by atoms with van der Waals surface area (Å²) in [7, 11) is 0. The minimum atomic E-state index is -2.85. The van der Waals surface area contributed by atoms with Crippen molar-refractivity contribution in [1.82, 2.24) is 25.1 Å². The van der Waals surface area contributed by atoms with Crippen LogP contribution in [0, 0.1) is 6.92 Å². The normalized spacial score (nSPS) is 11.0. The number of para-hydroxylation sites is 1. The Morgan fingerprint density at radius 2 is 1.89 bits per heavy atom. The maximum Gasteiger partial charge on any atom is 0.387 e. The molecule has 0 saturated heterocycles. The molecule has 1 N–H and O–H groups in total. The average molecular weight is 496 g/mol. The maximum absolute atomic E-state index is 12.5. The van der Waals surface area contributed by atoms with E-state index in [1.807, 2.05) is 47.9 Å². The van der Waals surface area contributed by atoms with Crippen LogP contribution in [0.3, 0.4) is 0 Å². The topological polar surface area (TPSA) is 81.9 Å². The van der Waals surface area contributed by atoms with Gasteiger partial charge in [0.15, 0.2) is 11.0 Å². The van der Waals surface area contributed by atoms with Crippen molar-refractivity contribution >= 4 is 17.7 Å². The van der Waals surface area contributed by atoms with Crippen molar-refractivity contribution < 1.29 is 18.3 Å². The first-order valence-corrected chi connectivity index (χ1v) is 11.8. The highest BCUT2D eigenvalue weighted by molar-refractivity contribution is 7.99. The molecule has 0 aliphatic heterocycles. The van der Waals surface area contributed by atoms with Crippen LogP contribution in [0.1, 0.15) is 11.1 Å². The molecule has 0 atom stereocenters. The number of thioether (sulfide) groups is 1. The molecule has 0 saturated carbocycles. The van der Waals surface area contributed by atoms with E-state index in [2.05, 4.69) is 25.2 Å². The number of hydrogen-bond acceptors (Lipinski definition) is 6. The summed E-state index contributed by atoms with van der Waals surface area (Å²) in [5.74, 6) is 0.773. The Bertz CT molecular complexity index is 1270. The van der Waals surface area contributed by atoms with Crippen LogP contribution >= 0.6 is 11.8 Å². The van der Waals surface area contributed by atoms with E-state index in [9.17, 15) is 13.6 Å². The van der Waals surface area contributed by atoms with Gasteiger partial charge >= 0.3 is 6.61 Å². The molecule has 35 heavy (non-hydrogen) atoms. The van der Waals surface area contributed by atoms with Gasteiger partial charge in [-0.3, -0.25) is 14.3 Å². The molecule has 0 bridgehead atoms. The first kappa shape index (κ1) is 24.3. The van der Waals surface area contributed by atoms with E-state index in [1.165, 1.54) is 23.9 Å². The second-order valence-electron chi connectivity index (χ2n) is 7.58. The molecular formula is C25H23F2N5O2S. The molecule has 4 aromatic rings. The van der Waals surface area contributed by atoms with Gasteiger partial charge in [0.2, 0.25) is 5.91 Å². The van der Waals surface area contributed by atoms with E-state index in [4.69, 9.17) is 0 Å². The summed E-state index contributed by atoms with van der Waals surface area (Å²) in [5.41, 5.74) is 3.71. The molecule has 180 valence electrons. The highest BCUT2D eigenvalue weighted by atomic mass is 32.2. The lowest BCUT2D eigenvalue weighted by molar-refractivity contribution is -0.118. The van der Waals surface area contributed by atoms with Gasteiger partial charge in [-0.1, -0.05) is 42.1 Å². The zero-order valence-corrected chi connectivity index (χ0v) is 19.7. The van der Waals surface area contributed by atoms with Crippen LogP contribution in [0.25, 0.3) is 17.1 Å². The molecule has 0 spiro atoms. The largest absolute Gasteiger partial charge is 0.435 e. The SMILES string of the molecule is Cc1ccccc1-n1c(SCC(=O)NCCc2ccc(OC(F)F)cc2)nnc1-c1cccnc1. The van der Waals surface area contributed by atoms with Gasteiger partial charge in [-0.25, -0.2) is 0 Å². The number of pyridine rings is 1. The molecule has 2 heterocycles. The summed E-state index contributed by atoms with van der Waals surface area (Å²) < 4.78 is 30.8. The minimum Gasteiger partial charge on any atom is -0.435 e. The second kappa shape index (κ2) is 11.6. The summed E-state index contributed by atoms with van der Waals surface area (Å²) in [5, 5.41) is 12.2. The van der Waals surface area contributed by atoms with E-state index in [0.29, 0.717) is 23.9 Å². The smallest absolute Gasteiger partial charge is 0.387 e. The number of nitrogens with one attached hydrogen (secondary N) is 1. The van der Waals surface area contributed by atoms with Crippen molar-refractivity contribution in [2.24, 2.45) is 0 Å². The number of halogens is 2. The van der Waals surface area contributed by atoms with Gasteiger partial charge in [0.1, 0.15) is 5.75 Å². The lowest BCUT2D eigenvalue weighted by Crippen LogP contribution is -2.27. The van der Waals surface area contributed by atoms with Crippen molar-refractivity contribution in [3.63, 3.8) is 0 Å². The molecular weight excluding hydrogens is 472 g/mol. The fourth-order valence-corrected chi connectivity index (χ4v) is 4.22. The number of aromatic nitrogens is 4. The lowest BCUT2D eigenvalue weighted by atomic mass is 10.1. The van der Waals surface area contributed by atoms with E-state index >= 15 is 0 Å². The second-order valence-corrected chi connectivity index (χ2v) is 8.52. The molecule has 7 nitrogen and oxygen atoms in total. The van der Waals surface area contributed by atoms with Gasteiger partial charge in [0.05, 0.1) is 11.4 Å². The Kier molecular flexibility index (Phi) is 8.04. The number of carbonyl (C=O) groups is 1. The van der Waals surface area contributed by atoms with E-state index < -0.39 is 6.61 Å². The summed E-state index contributed by atoms with van der Waals surface area (Å²) >= 11 is 1.30. The highest BCUT2D eigenvalue weighted by Crippen LogP contribution is 2.29. The van der Waals surface area contributed by atoms with Crippen molar-refractivity contribution in [3.05, 3.63) is 84.2 Å². The van der Waals surface area contributed by atoms with Crippen LogP contribution < -0.4 is 10.1 Å². The third-order valence-electron chi connectivity index (χ3n) is 5.13. The summed E-state index contributed by atoms with van der Waals surface area (Å²) in [6.07, 6.45) is 3.99. The van der Waals surface area contributed by atoms with Crippen LogP contribution in [0.4, 0.5) is 8.78 Å². The van der Waals surface area contributed by atoms with E-state index in [-0.39, 0.29) is 17.4 Å². The Morgan fingerprint density at radius 3 is 2.60 bits per heavy atom. The number of hydrogen-bond donors (Lipinski definition) is 1. The maximum atomic E-state index is 12.5. The molecule has 10 heteroatoms. The standard InChI is InChI=1S/C25H23F2N5O2S/c1-17-5-2-3-7-21(17)32-23(19-6-4-13-28-15-19)30-31-25(32)35-16-22(33)29-14-12-18-8-10-20(11-9-18)34-24(26)27/h2-11,13,15,24H,12,14,16H2,1H3,(H,29,33). The molecule has 1 amide bonds. The number of nitrogens with zero attached hydrogens (tertiary/aromatic N) is 4. The summed E-state index contributed by atoms with van der Waals surface area (Å²) in [6, 6.07) is 18.0. The van der Waals surface area contributed by atoms with Crippen LogP contribution in [0.2, 0.25) is 0 Å². The number of alkyl halides is 2. The molecule has 0 unspecified atom stereocenters. The van der Waals surface area contributed by atoms with Crippen molar-refractivity contribution in [1.29, 1.82) is 0 Å². The Labute approximate surface area is 205 Å². The third-order valence-corrected chi connectivity index (χ3v) is 6.06. The number of rotatable bonds is 10. The van der Waals surface area contributed by atoms with Gasteiger partial charge in [-0.15, -0.1) is 10.2 Å². The van der Waals surface area contributed by atoms with Crippen LogP contribution in [0.5, 0.6) is 5.75 Å². The minimum absolute atomic E-state index is 0.104. The molecule has 0 fully saturated rings. The number of amides is 1. The van der Waals surface area contributed by atoms with Crippen molar-refractivity contribution in [3.8, 4) is 22.8 Å².